The van der Waals surface area contributed by atoms with Crippen LogP contribution in [-0.4, -0.2) is 49.7 Å². The monoisotopic (exact) mass is 322 g/mol. The zero-order valence-electron chi connectivity index (χ0n) is 15.3. The Morgan fingerprint density at radius 2 is 2.09 bits per heavy atom. The Bertz CT molecular complexity index is 364. The molecule has 4 heteroatoms. The topological polar surface area (TPSA) is 67.3 Å². The van der Waals surface area contributed by atoms with E-state index in [1.54, 1.807) is 0 Å². The van der Waals surface area contributed by atoms with Crippen molar-refractivity contribution in [2.45, 2.75) is 64.5 Å². The highest BCUT2D eigenvalue weighted by Crippen LogP contribution is 2.26. The summed E-state index contributed by atoms with van der Waals surface area (Å²) in [7, 11) is 0. The molecule has 1 rings (SSSR count). The van der Waals surface area contributed by atoms with E-state index in [-0.39, 0.29) is 6.04 Å². The van der Waals surface area contributed by atoms with Crippen LogP contribution in [0.4, 0.5) is 0 Å². The van der Waals surface area contributed by atoms with Crippen LogP contribution in [0.5, 0.6) is 0 Å². The lowest BCUT2D eigenvalue weighted by Crippen LogP contribution is -2.54. The summed E-state index contributed by atoms with van der Waals surface area (Å²) in [6.07, 6.45) is 9.46. The van der Waals surface area contributed by atoms with E-state index in [0.29, 0.717) is 12.6 Å². The summed E-state index contributed by atoms with van der Waals surface area (Å²) >= 11 is 0. The first-order valence-corrected chi connectivity index (χ1v) is 9.39. The number of rotatable bonds is 14. The molecular weight excluding hydrogens is 284 g/mol. The molecule has 0 aromatic rings. The normalized spacial score (nSPS) is 16.8. The van der Waals surface area contributed by atoms with Crippen LogP contribution < -0.4 is 16.8 Å². The van der Waals surface area contributed by atoms with Gasteiger partial charge in [-0.1, -0.05) is 44.1 Å². The lowest BCUT2D eigenvalue weighted by Gasteiger charge is -2.39. The van der Waals surface area contributed by atoms with Gasteiger partial charge in [0.1, 0.15) is 0 Å². The van der Waals surface area contributed by atoms with Crippen LogP contribution >= 0.6 is 0 Å². The Morgan fingerprint density at radius 1 is 1.35 bits per heavy atom. The fourth-order valence-corrected chi connectivity index (χ4v) is 3.17. The smallest absolute Gasteiger partial charge is 0.0472 e. The number of hydrogen-bond acceptors (Lipinski definition) is 4. The molecule has 0 amide bonds. The third-order valence-electron chi connectivity index (χ3n) is 4.64. The van der Waals surface area contributed by atoms with E-state index in [1.807, 2.05) is 0 Å². The van der Waals surface area contributed by atoms with Gasteiger partial charge in [0.2, 0.25) is 0 Å². The summed E-state index contributed by atoms with van der Waals surface area (Å²) in [5.41, 5.74) is 15.0. The average Bonchev–Trinajstić information content (AvgIpc) is 2.51. The van der Waals surface area contributed by atoms with Crippen LogP contribution in [0, 0.1) is 0 Å². The molecular formula is C19H38N4. The second-order valence-electron chi connectivity index (χ2n) is 6.73. The number of hydrogen-bond donors (Lipinski definition) is 3. The van der Waals surface area contributed by atoms with Crippen molar-refractivity contribution < 1.29 is 0 Å². The van der Waals surface area contributed by atoms with Gasteiger partial charge in [0.05, 0.1) is 0 Å². The van der Waals surface area contributed by atoms with Crippen molar-refractivity contribution in [3.8, 4) is 0 Å². The number of unbranched alkanes of at least 4 members (excludes halogenated alkanes) is 1. The highest BCUT2D eigenvalue weighted by molar-refractivity contribution is 5.22. The summed E-state index contributed by atoms with van der Waals surface area (Å²) in [6, 6.07) is 0.353. The van der Waals surface area contributed by atoms with Crippen molar-refractivity contribution in [2.75, 3.05) is 32.7 Å². The zero-order valence-corrected chi connectivity index (χ0v) is 15.3. The van der Waals surface area contributed by atoms with E-state index in [0.717, 1.165) is 39.0 Å². The molecule has 1 aliphatic rings. The summed E-state index contributed by atoms with van der Waals surface area (Å²) in [5, 5.41) is 3.54. The van der Waals surface area contributed by atoms with E-state index in [4.69, 9.17) is 11.5 Å². The molecule has 2 atom stereocenters. The SMILES string of the molecule is C=C(CCCC)CNCCN(CCC)C(C1=CCC1)C(N)CN. The summed E-state index contributed by atoms with van der Waals surface area (Å²) < 4.78 is 0. The maximum absolute atomic E-state index is 6.32. The van der Waals surface area contributed by atoms with Crippen molar-refractivity contribution in [3.63, 3.8) is 0 Å². The van der Waals surface area contributed by atoms with Gasteiger partial charge in [-0.2, -0.15) is 0 Å². The predicted octanol–water partition coefficient (Wildman–Crippen LogP) is 2.41. The molecule has 0 saturated carbocycles. The third kappa shape index (κ3) is 7.17. The molecule has 23 heavy (non-hydrogen) atoms. The maximum atomic E-state index is 6.32. The van der Waals surface area contributed by atoms with Gasteiger partial charge in [0.15, 0.2) is 0 Å². The van der Waals surface area contributed by atoms with Gasteiger partial charge in [-0.3, -0.25) is 4.90 Å². The molecule has 0 fully saturated rings. The first-order chi connectivity index (χ1) is 11.1. The zero-order chi connectivity index (χ0) is 17.1. The number of allylic oxidation sites excluding steroid dienone is 1. The molecule has 0 aromatic carbocycles. The van der Waals surface area contributed by atoms with Crippen molar-refractivity contribution >= 4 is 0 Å². The number of nitrogens with zero attached hydrogens (tertiary/aromatic N) is 1. The lowest BCUT2D eigenvalue weighted by molar-refractivity contribution is 0.192. The molecule has 0 heterocycles. The third-order valence-corrected chi connectivity index (χ3v) is 4.64. The minimum Gasteiger partial charge on any atom is -0.329 e. The van der Waals surface area contributed by atoms with Crippen molar-refractivity contribution in [3.05, 3.63) is 23.8 Å². The predicted molar refractivity (Wildman–Crippen MR) is 102 cm³/mol. The standard InChI is InChI=1S/C19H38N4/c1-4-6-8-16(3)15-22-11-13-23(12-5-2)19(18(21)14-20)17-9-7-10-17/h9,18-19,22H,3-8,10-15,20-21H2,1-2H3. The quantitative estimate of drug-likeness (QED) is 0.339. The fourth-order valence-electron chi connectivity index (χ4n) is 3.17. The summed E-state index contributed by atoms with van der Waals surface area (Å²) in [5.74, 6) is 0. The van der Waals surface area contributed by atoms with Gasteiger partial charge in [0.25, 0.3) is 0 Å². The second-order valence-corrected chi connectivity index (χ2v) is 6.73. The fraction of sp³-hybridized carbons (Fsp3) is 0.789. The highest BCUT2D eigenvalue weighted by atomic mass is 15.2. The highest BCUT2D eigenvalue weighted by Gasteiger charge is 2.28. The molecule has 0 saturated heterocycles. The van der Waals surface area contributed by atoms with E-state index >= 15 is 0 Å². The summed E-state index contributed by atoms with van der Waals surface area (Å²) in [6.45, 7) is 13.1. The minimum atomic E-state index is 0.0348. The van der Waals surface area contributed by atoms with E-state index < -0.39 is 0 Å². The van der Waals surface area contributed by atoms with E-state index in [9.17, 15) is 0 Å². The molecule has 5 N–H and O–H groups in total. The first-order valence-electron chi connectivity index (χ1n) is 9.39. The number of nitrogens with two attached hydrogens (primary N) is 2. The Kier molecular flexibility index (Phi) is 10.4. The Balaban J connectivity index is 2.45. The van der Waals surface area contributed by atoms with Crippen LogP contribution in [0.1, 0.15) is 52.4 Å². The maximum Gasteiger partial charge on any atom is 0.0472 e. The van der Waals surface area contributed by atoms with Gasteiger partial charge in [0, 0.05) is 38.3 Å². The van der Waals surface area contributed by atoms with Crippen molar-refractivity contribution in [1.29, 1.82) is 0 Å². The van der Waals surface area contributed by atoms with Crippen LogP contribution in [0.3, 0.4) is 0 Å². The van der Waals surface area contributed by atoms with E-state index in [1.165, 1.54) is 36.8 Å². The van der Waals surface area contributed by atoms with Crippen molar-refractivity contribution in [1.82, 2.24) is 10.2 Å². The number of nitrogens with one attached hydrogen (secondary N) is 1. The molecule has 0 aromatic heterocycles. The van der Waals surface area contributed by atoms with E-state index in [2.05, 4.69) is 36.7 Å². The van der Waals surface area contributed by atoms with Crippen LogP contribution in [0.25, 0.3) is 0 Å². The molecule has 4 nitrogen and oxygen atoms in total. The first kappa shape index (κ1) is 20.4. The minimum absolute atomic E-state index is 0.0348. The molecule has 0 bridgehead atoms. The summed E-state index contributed by atoms with van der Waals surface area (Å²) in [4.78, 5) is 2.52. The average molecular weight is 323 g/mol. The van der Waals surface area contributed by atoms with Gasteiger partial charge < -0.3 is 16.8 Å². The van der Waals surface area contributed by atoms with Crippen LogP contribution in [0.15, 0.2) is 23.8 Å². The Labute approximate surface area is 143 Å². The molecule has 0 aliphatic heterocycles. The molecule has 134 valence electrons. The van der Waals surface area contributed by atoms with Gasteiger partial charge in [-0.15, -0.1) is 0 Å². The van der Waals surface area contributed by atoms with Gasteiger partial charge >= 0.3 is 0 Å². The second kappa shape index (κ2) is 11.8. The molecule has 0 radical (unpaired) electrons. The molecule has 1 aliphatic carbocycles. The van der Waals surface area contributed by atoms with Crippen LogP contribution in [0.2, 0.25) is 0 Å². The Morgan fingerprint density at radius 3 is 2.61 bits per heavy atom. The van der Waals surface area contributed by atoms with Crippen LogP contribution in [-0.2, 0) is 0 Å². The Hall–Kier alpha value is -0.680. The largest absolute Gasteiger partial charge is 0.329 e. The van der Waals surface area contributed by atoms with Gasteiger partial charge in [-0.25, -0.2) is 0 Å². The molecule has 0 spiro atoms. The lowest BCUT2D eigenvalue weighted by atomic mass is 9.86. The van der Waals surface area contributed by atoms with Gasteiger partial charge in [-0.05, 0) is 38.6 Å². The molecule has 2 unspecified atom stereocenters. The van der Waals surface area contributed by atoms with Crippen molar-refractivity contribution in [2.24, 2.45) is 11.5 Å².